The number of hydrogen-bond donors (Lipinski definition) is 3. The van der Waals surface area contributed by atoms with Gasteiger partial charge < -0.3 is 16.2 Å². The summed E-state index contributed by atoms with van der Waals surface area (Å²) in [6, 6.07) is 4.77. The zero-order valence-corrected chi connectivity index (χ0v) is 10.9. The fraction of sp³-hybridized carbons (Fsp3) is 0.500. The first-order valence-electron chi connectivity index (χ1n) is 6.31. The number of anilines is 2. The van der Waals surface area contributed by atoms with Crippen LogP contribution in [0.4, 0.5) is 11.4 Å². The average molecular weight is 248 g/mol. The highest BCUT2D eigenvalue weighted by atomic mass is 16.4. The van der Waals surface area contributed by atoms with Gasteiger partial charge in [-0.05, 0) is 42.4 Å². The molecule has 2 rings (SSSR count). The van der Waals surface area contributed by atoms with Crippen LogP contribution < -0.4 is 11.1 Å². The number of carboxylic acids is 1. The first kappa shape index (κ1) is 12.7. The van der Waals surface area contributed by atoms with Crippen LogP contribution in [0.1, 0.15) is 37.0 Å². The van der Waals surface area contributed by atoms with Crippen LogP contribution in [0.2, 0.25) is 0 Å². The number of nitrogen functional groups attached to an aromatic ring is 1. The summed E-state index contributed by atoms with van der Waals surface area (Å²) in [6.07, 6.45) is 2.46. The molecule has 0 aromatic heterocycles. The Kier molecular flexibility index (Phi) is 3.20. The molecule has 0 saturated heterocycles. The lowest BCUT2D eigenvalue weighted by Crippen LogP contribution is -2.21. The van der Waals surface area contributed by atoms with Crippen LogP contribution >= 0.6 is 0 Å². The minimum absolute atomic E-state index is 0.265. The van der Waals surface area contributed by atoms with Crippen molar-refractivity contribution in [2.24, 2.45) is 11.3 Å². The lowest BCUT2D eigenvalue weighted by atomic mass is 9.92. The van der Waals surface area contributed by atoms with Gasteiger partial charge in [0.15, 0.2) is 0 Å². The van der Waals surface area contributed by atoms with E-state index >= 15 is 0 Å². The molecule has 0 atom stereocenters. The Hall–Kier alpha value is -1.71. The quantitative estimate of drug-likeness (QED) is 0.700. The zero-order chi connectivity index (χ0) is 13.3. The topological polar surface area (TPSA) is 75.3 Å². The highest BCUT2D eigenvalue weighted by Crippen LogP contribution is 2.51. The number of rotatable bonds is 5. The predicted octanol–water partition coefficient (Wildman–Crippen LogP) is 2.82. The molecule has 18 heavy (non-hydrogen) atoms. The molecule has 0 radical (unpaired) electrons. The molecular weight excluding hydrogens is 228 g/mol. The van der Waals surface area contributed by atoms with Crippen molar-refractivity contribution >= 4 is 17.3 Å². The lowest BCUT2D eigenvalue weighted by Gasteiger charge is -2.21. The lowest BCUT2D eigenvalue weighted by molar-refractivity contribution is 0.0697. The predicted molar refractivity (Wildman–Crippen MR) is 72.8 cm³/mol. The molecule has 0 bridgehead atoms. The molecular formula is C14H20N2O2. The maximum Gasteiger partial charge on any atom is 0.335 e. The Morgan fingerprint density at radius 2 is 2.17 bits per heavy atom. The van der Waals surface area contributed by atoms with Gasteiger partial charge in [0.25, 0.3) is 0 Å². The van der Waals surface area contributed by atoms with E-state index in [0.717, 1.165) is 12.2 Å². The van der Waals surface area contributed by atoms with E-state index in [4.69, 9.17) is 10.8 Å². The Morgan fingerprint density at radius 3 is 2.67 bits per heavy atom. The van der Waals surface area contributed by atoms with Crippen LogP contribution in [0.15, 0.2) is 18.2 Å². The molecule has 1 aliphatic carbocycles. The van der Waals surface area contributed by atoms with E-state index in [2.05, 4.69) is 19.2 Å². The molecule has 0 spiro atoms. The Balaban J connectivity index is 2.09. The van der Waals surface area contributed by atoms with Crippen LogP contribution in [0.25, 0.3) is 0 Å². The Bertz CT molecular complexity index is 465. The summed E-state index contributed by atoms with van der Waals surface area (Å²) in [7, 11) is 0. The molecule has 4 N–H and O–H groups in total. The van der Waals surface area contributed by atoms with Gasteiger partial charge in [-0.1, -0.05) is 13.8 Å². The van der Waals surface area contributed by atoms with E-state index < -0.39 is 5.97 Å². The number of nitrogens with two attached hydrogens (primary N) is 1. The van der Waals surface area contributed by atoms with Gasteiger partial charge in [-0.2, -0.15) is 0 Å². The largest absolute Gasteiger partial charge is 0.478 e. The summed E-state index contributed by atoms with van der Waals surface area (Å²) in [5.74, 6) is -0.295. The van der Waals surface area contributed by atoms with Gasteiger partial charge in [0.05, 0.1) is 16.9 Å². The molecule has 1 fully saturated rings. The third-order valence-electron chi connectivity index (χ3n) is 4.05. The molecule has 4 nitrogen and oxygen atoms in total. The SMILES string of the molecule is CC(C)C1(CNc2cc(C(=O)O)ccc2N)CC1. The summed E-state index contributed by atoms with van der Waals surface area (Å²) in [5.41, 5.74) is 7.81. The number of carboxylic acid groups (broad SMARTS) is 1. The third kappa shape index (κ3) is 2.42. The highest BCUT2D eigenvalue weighted by molar-refractivity contribution is 5.90. The van der Waals surface area contributed by atoms with Crippen LogP contribution in [0, 0.1) is 11.3 Å². The summed E-state index contributed by atoms with van der Waals surface area (Å²) in [5, 5.41) is 12.3. The molecule has 4 heteroatoms. The smallest absolute Gasteiger partial charge is 0.335 e. The molecule has 0 aliphatic heterocycles. The molecule has 1 aromatic carbocycles. The van der Waals surface area contributed by atoms with Crippen molar-refractivity contribution in [3.63, 3.8) is 0 Å². The molecule has 1 aliphatic rings. The van der Waals surface area contributed by atoms with Crippen molar-refractivity contribution in [2.75, 3.05) is 17.6 Å². The number of aromatic carboxylic acids is 1. The van der Waals surface area contributed by atoms with Crippen molar-refractivity contribution in [3.8, 4) is 0 Å². The van der Waals surface area contributed by atoms with Gasteiger partial charge in [-0.25, -0.2) is 4.79 Å². The molecule has 0 heterocycles. The molecule has 98 valence electrons. The average Bonchev–Trinajstić information content (AvgIpc) is 3.08. The fourth-order valence-corrected chi connectivity index (χ4v) is 2.23. The van der Waals surface area contributed by atoms with Crippen molar-refractivity contribution in [1.29, 1.82) is 0 Å². The van der Waals surface area contributed by atoms with Crippen LogP contribution in [0.5, 0.6) is 0 Å². The number of hydrogen-bond acceptors (Lipinski definition) is 3. The van der Waals surface area contributed by atoms with Gasteiger partial charge in [-0.15, -0.1) is 0 Å². The normalized spacial score (nSPS) is 16.6. The van der Waals surface area contributed by atoms with Gasteiger partial charge in [0.2, 0.25) is 0 Å². The highest BCUT2D eigenvalue weighted by Gasteiger charge is 2.44. The van der Waals surface area contributed by atoms with E-state index in [1.807, 2.05) is 0 Å². The van der Waals surface area contributed by atoms with Gasteiger partial charge >= 0.3 is 5.97 Å². The van der Waals surface area contributed by atoms with E-state index in [1.54, 1.807) is 12.1 Å². The zero-order valence-electron chi connectivity index (χ0n) is 10.9. The molecule has 0 unspecified atom stereocenters. The number of carbonyl (C=O) groups is 1. The maximum atomic E-state index is 10.9. The van der Waals surface area contributed by atoms with Gasteiger partial charge in [0.1, 0.15) is 0 Å². The molecule has 0 amide bonds. The summed E-state index contributed by atoms with van der Waals surface area (Å²) < 4.78 is 0. The summed E-state index contributed by atoms with van der Waals surface area (Å²) in [6.45, 7) is 5.31. The van der Waals surface area contributed by atoms with Gasteiger partial charge in [0, 0.05) is 6.54 Å². The second-order valence-corrected chi connectivity index (χ2v) is 5.48. The van der Waals surface area contributed by atoms with E-state index in [1.165, 1.54) is 18.9 Å². The first-order valence-corrected chi connectivity index (χ1v) is 6.31. The second-order valence-electron chi connectivity index (χ2n) is 5.48. The summed E-state index contributed by atoms with van der Waals surface area (Å²) >= 11 is 0. The van der Waals surface area contributed by atoms with Gasteiger partial charge in [-0.3, -0.25) is 0 Å². The van der Waals surface area contributed by atoms with Crippen molar-refractivity contribution in [2.45, 2.75) is 26.7 Å². The van der Waals surface area contributed by atoms with E-state index in [9.17, 15) is 4.79 Å². The standard InChI is InChI=1S/C14H20N2O2/c1-9(2)14(5-6-14)8-16-12-7-10(13(17)18)3-4-11(12)15/h3-4,7,9,16H,5-6,8,15H2,1-2H3,(H,17,18). The first-order chi connectivity index (χ1) is 8.44. The third-order valence-corrected chi connectivity index (χ3v) is 4.05. The molecule has 1 saturated carbocycles. The Morgan fingerprint density at radius 1 is 1.50 bits per heavy atom. The van der Waals surface area contributed by atoms with E-state index in [-0.39, 0.29) is 5.56 Å². The monoisotopic (exact) mass is 248 g/mol. The number of nitrogens with one attached hydrogen (secondary N) is 1. The van der Waals surface area contributed by atoms with Crippen LogP contribution in [0.3, 0.4) is 0 Å². The fourth-order valence-electron chi connectivity index (χ4n) is 2.23. The summed E-state index contributed by atoms with van der Waals surface area (Å²) in [4.78, 5) is 10.9. The minimum atomic E-state index is -0.928. The van der Waals surface area contributed by atoms with Crippen molar-refractivity contribution in [1.82, 2.24) is 0 Å². The molecule has 1 aromatic rings. The second kappa shape index (κ2) is 4.52. The maximum absolute atomic E-state index is 10.9. The van der Waals surface area contributed by atoms with Crippen molar-refractivity contribution in [3.05, 3.63) is 23.8 Å². The van der Waals surface area contributed by atoms with E-state index in [0.29, 0.717) is 17.0 Å². The van der Waals surface area contributed by atoms with Crippen molar-refractivity contribution < 1.29 is 9.90 Å². The minimum Gasteiger partial charge on any atom is -0.478 e. The Labute approximate surface area is 107 Å². The van der Waals surface area contributed by atoms with Crippen LogP contribution in [-0.4, -0.2) is 17.6 Å². The van der Waals surface area contributed by atoms with Crippen LogP contribution in [-0.2, 0) is 0 Å². The number of benzene rings is 1.